The maximum atomic E-state index is 9.88. The van der Waals surface area contributed by atoms with Gasteiger partial charge in [0.1, 0.15) is 6.61 Å². The Bertz CT molecular complexity index is 165. The zero-order valence-electron chi connectivity index (χ0n) is 5.97. The van der Waals surface area contributed by atoms with Crippen molar-refractivity contribution >= 4 is 12.3 Å². The molecule has 0 aliphatic carbocycles. The molecule has 12 heavy (non-hydrogen) atoms. The van der Waals surface area contributed by atoms with Gasteiger partial charge in [-0.2, -0.15) is 0 Å². The van der Waals surface area contributed by atoms with E-state index >= 15 is 0 Å². The van der Waals surface area contributed by atoms with Gasteiger partial charge < -0.3 is 24.8 Å². The van der Waals surface area contributed by atoms with Gasteiger partial charge in [-0.15, -0.1) is 0 Å². The molecule has 0 aliphatic rings. The van der Waals surface area contributed by atoms with Crippen LogP contribution in [0.1, 0.15) is 0 Å². The van der Waals surface area contributed by atoms with E-state index in [1.165, 1.54) is 0 Å². The molecule has 0 saturated carbocycles. The third-order valence-electron chi connectivity index (χ3n) is 0.864. The van der Waals surface area contributed by atoms with Crippen LogP contribution in [0.5, 0.6) is 0 Å². The van der Waals surface area contributed by atoms with E-state index in [1.807, 2.05) is 0 Å². The maximum absolute atomic E-state index is 9.88. The molecule has 0 aromatic carbocycles. The molecular formula is C5H8O7. The molecule has 1 atom stereocenters. The average Bonchev–Trinajstić information content (AvgIpc) is 1.97. The second-order valence-electron chi connectivity index (χ2n) is 1.77. The fraction of sp³-hybridized carbons (Fsp3) is 0.600. The number of ether oxygens (including phenoxy) is 2. The van der Waals surface area contributed by atoms with Crippen molar-refractivity contribution < 1.29 is 34.4 Å². The Labute approximate surface area is 67.1 Å². The minimum absolute atomic E-state index is 0.516. The van der Waals surface area contributed by atoms with Gasteiger partial charge in [-0.25, -0.2) is 9.59 Å². The molecule has 0 aromatic heterocycles. The Morgan fingerprint density at radius 1 is 1.25 bits per heavy atom. The summed E-state index contributed by atoms with van der Waals surface area (Å²) in [5.41, 5.74) is 0. The van der Waals surface area contributed by atoms with Crippen LogP contribution in [0.25, 0.3) is 0 Å². The normalized spacial score (nSPS) is 11.8. The molecular weight excluding hydrogens is 172 g/mol. The Balaban J connectivity index is 3.67. The van der Waals surface area contributed by atoms with E-state index in [-0.39, 0.29) is 0 Å². The predicted molar refractivity (Wildman–Crippen MR) is 34.0 cm³/mol. The van der Waals surface area contributed by atoms with E-state index < -0.39 is 31.6 Å². The smallest absolute Gasteiger partial charge is 0.450 e. The van der Waals surface area contributed by atoms with Crippen LogP contribution >= 0.6 is 0 Å². The highest BCUT2D eigenvalue weighted by Gasteiger charge is 2.14. The quantitative estimate of drug-likeness (QED) is 0.510. The fourth-order valence-electron chi connectivity index (χ4n) is 0.431. The molecule has 0 bridgehead atoms. The molecule has 0 saturated heterocycles. The van der Waals surface area contributed by atoms with Crippen molar-refractivity contribution in [1.29, 1.82) is 0 Å². The van der Waals surface area contributed by atoms with Gasteiger partial charge in [-0.1, -0.05) is 0 Å². The summed E-state index contributed by atoms with van der Waals surface area (Å²) >= 11 is 0. The largest absolute Gasteiger partial charge is 0.506 e. The van der Waals surface area contributed by atoms with Gasteiger partial charge in [0.05, 0.1) is 6.61 Å². The van der Waals surface area contributed by atoms with E-state index in [1.54, 1.807) is 0 Å². The summed E-state index contributed by atoms with van der Waals surface area (Å²) in [6.45, 7) is -1.14. The van der Waals surface area contributed by atoms with Crippen LogP contribution in [0, 0.1) is 0 Å². The monoisotopic (exact) mass is 180 g/mol. The lowest BCUT2D eigenvalue weighted by Gasteiger charge is -2.11. The van der Waals surface area contributed by atoms with Gasteiger partial charge in [0.15, 0.2) is 6.10 Å². The molecule has 0 aromatic rings. The Kier molecular flexibility index (Phi) is 4.54. The van der Waals surface area contributed by atoms with Crippen LogP contribution in [-0.2, 0) is 9.47 Å². The summed E-state index contributed by atoms with van der Waals surface area (Å²) in [5.74, 6) is 0. The van der Waals surface area contributed by atoms with Gasteiger partial charge in [0, 0.05) is 0 Å². The van der Waals surface area contributed by atoms with Crippen LogP contribution in [0.4, 0.5) is 9.59 Å². The van der Waals surface area contributed by atoms with Gasteiger partial charge in [0.2, 0.25) is 0 Å². The molecule has 0 heterocycles. The third-order valence-corrected chi connectivity index (χ3v) is 0.864. The van der Waals surface area contributed by atoms with Gasteiger partial charge in [0.25, 0.3) is 0 Å². The van der Waals surface area contributed by atoms with Crippen LogP contribution in [0.15, 0.2) is 0 Å². The number of rotatable bonds is 4. The fourth-order valence-corrected chi connectivity index (χ4v) is 0.431. The summed E-state index contributed by atoms with van der Waals surface area (Å²) in [4.78, 5) is 19.7. The van der Waals surface area contributed by atoms with E-state index in [4.69, 9.17) is 15.3 Å². The Morgan fingerprint density at radius 3 is 2.17 bits per heavy atom. The first-order valence-corrected chi connectivity index (χ1v) is 2.92. The molecule has 0 spiro atoms. The zero-order valence-corrected chi connectivity index (χ0v) is 5.97. The molecule has 7 heteroatoms. The Hall–Kier alpha value is -1.50. The van der Waals surface area contributed by atoms with E-state index in [9.17, 15) is 9.59 Å². The van der Waals surface area contributed by atoms with E-state index in [0.29, 0.717) is 0 Å². The lowest BCUT2D eigenvalue weighted by molar-refractivity contribution is -0.0169. The molecule has 0 aliphatic heterocycles. The topological polar surface area (TPSA) is 113 Å². The zero-order chi connectivity index (χ0) is 9.56. The van der Waals surface area contributed by atoms with Crippen molar-refractivity contribution in [1.82, 2.24) is 0 Å². The lowest BCUT2D eigenvalue weighted by atomic mass is 10.4. The maximum Gasteiger partial charge on any atom is 0.506 e. The molecule has 0 fully saturated rings. The number of carbonyl (C=O) groups is 2. The molecule has 7 nitrogen and oxygen atoms in total. The Morgan fingerprint density at radius 2 is 1.83 bits per heavy atom. The molecule has 0 unspecified atom stereocenters. The third kappa shape index (κ3) is 5.30. The first-order valence-electron chi connectivity index (χ1n) is 2.92. The number of aliphatic hydroxyl groups is 1. The van der Waals surface area contributed by atoms with Crippen molar-refractivity contribution in [2.75, 3.05) is 13.2 Å². The van der Waals surface area contributed by atoms with E-state index in [0.717, 1.165) is 0 Å². The van der Waals surface area contributed by atoms with Gasteiger partial charge in [-0.05, 0) is 0 Å². The first-order chi connectivity index (χ1) is 5.56. The summed E-state index contributed by atoms with van der Waals surface area (Å²) in [7, 11) is 0. The average molecular weight is 180 g/mol. The highest BCUT2D eigenvalue weighted by Crippen LogP contribution is 1.93. The van der Waals surface area contributed by atoms with Crippen molar-refractivity contribution in [3.63, 3.8) is 0 Å². The van der Waals surface area contributed by atoms with Gasteiger partial charge in [-0.3, -0.25) is 0 Å². The van der Waals surface area contributed by atoms with Crippen molar-refractivity contribution in [3.8, 4) is 0 Å². The van der Waals surface area contributed by atoms with Crippen LogP contribution in [-0.4, -0.2) is 46.9 Å². The predicted octanol–water partition coefficient (Wildman–Crippen LogP) is -0.263. The van der Waals surface area contributed by atoms with E-state index in [2.05, 4.69) is 9.47 Å². The summed E-state index contributed by atoms with van der Waals surface area (Å²) in [6.07, 6.45) is -4.32. The summed E-state index contributed by atoms with van der Waals surface area (Å²) in [5, 5.41) is 24.5. The highest BCUT2D eigenvalue weighted by molar-refractivity contribution is 5.58. The van der Waals surface area contributed by atoms with Crippen molar-refractivity contribution in [2.24, 2.45) is 0 Å². The second-order valence-corrected chi connectivity index (χ2v) is 1.77. The standard InChI is InChI=1S/C5H8O7/c6-1-3(12-5(9)10)2-11-4(7)8/h3,6H,1-2H2,(H,7,8)(H,9,10)/t3-/m0/s1. The minimum atomic E-state index is -1.59. The minimum Gasteiger partial charge on any atom is -0.450 e. The van der Waals surface area contributed by atoms with Crippen molar-refractivity contribution in [3.05, 3.63) is 0 Å². The molecule has 70 valence electrons. The first kappa shape index (κ1) is 10.5. The van der Waals surface area contributed by atoms with Crippen molar-refractivity contribution in [2.45, 2.75) is 6.10 Å². The highest BCUT2D eigenvalue weighted by atomic mass is 16.7. The molecule has 0 rings (SSSR count). The van der Waals surface area contributed by atoms with Gasteiger partial charge >= 0.3 is 12.3 Å². The summed E-state index contributed by atoms with van der Waals surface area (Å²) < 4.78 is 7.99. The SMILES string of the molecule is O=C(O)OC[C@H](CO)OC(=O)O. The van der Waals surface area contributed by atoms with Crippen LogP contribution in [0.3, 0.4) is 0 Å². The lowest BCUT2D eigenvalue weighted by Crippen LogP contribution is -2.27. The number of hydrogen-bond acceptors (Lipinski definition) is 5. The number of hydrogen-bond donors (Lipinski definition) is 3. The molecule has 0 radical (unpaired) electrons. The van der Waals surface area contributed by atoms with Crippen LogP contribution < -0.4 is 0 Å². The number of carboxylic acid groups (broad SMARTS) is 2. The molecule has 0 amide bonds. The second kappa shape index (κ2) is 5.19. The number of aliphatic hydroxyl groups excluding tert-OH is 1. The van der Waals surface area contributed by atoms with Crippen LogP contribution in [0.2, 0.25) is 0 Å². The molecule has 3 N–H and O–H groups in total. The summed E-state index contributed by atoms with van der Waals surface area (Å²) in [6, 6.07) is 0.